The van der Waals surface area contributed by atoms with E-state index in [4.69, 9.17) is 5.11 Å². The molecule has 1 saturated heterocycles. The van der Waals surface area contributed by atoms with Crippen LogP contribution in [-0.2, 0) is 14.3 Å². The van der Waals surface area contributed by atoms with Crippen LogP contribution in [0.25, 0.3) is 0 Å². The van der Waals surface area contributed by atoms with E-state index in [1.54, 1.807) is 4.90 Å². The van der Waals surface area contributed by atoms with Gasteiger partial charge in [0.2, 0.25) is 0 Å². The van der Waals surface area contributed by atoms with E-state index in [1.165, 1.54) is 7.11 Å². The minimum atomic E-state index is -0.779. The number of carboxylic acid groups (broad SMARTS) is 1. The molecule has 108 valence electrons. The SMILES string of the molecule is COC(=O)CNC(=O)N1CCC(CCC(=O)O)CC1. The number of carbonyl (C=O) groups excluding carboxylic acids is 2. The van der Waals surface area contributed by atoms with Gasteiger partial charge in [-0.25, -0.2) is 4.79 Å². The third-order valence-electron chi connectivity index (χ3n) is 3.28. The van der Waals surface area contributed by atoms with Gasteiger partial charge in [0.25, 0.3) is 0 Å². The van der Waals surface area contributed by atoms with Crippen molar-refractivity contribution in [3.63, 3.8) is 0 Å². The Hall–Kier alpha value is -1.79. The van der Waals surface area contributed by atoms with E-state index in [-0.39, 0.29) is 19.0 Å². The van der Waals surface area contributed by atoms with Crippen LogP contribution in [0.15, 0.2) is 0 Å². The van der Waals surface area contributed by atoms with Gasteiger partial charge in [-0.2, -0.15) is 0 Å². The summed E-state index contributed by atoms with van der Waals surface area (Å²) in [6.45, 7) is 1.06. The summed E-state index contributed by atoms with van der Waals surface area (Å²) in [7, 11) is 1.27. The molecule has 1 heterocycles. The number of methoxy groups -OCH3 is 1. The first-order chi connectivity index (χ1) is 9.02. The Morgan fingerprint density at radius 2 is 1.95 bits per heavy atom. The summed E-state index contributed by atoms with van der Waals surface area (Å²) in [6, 6.07) is -0.276. The molecule has 2 N–H and O–H groups in total. The first-order valence-corrected chi connectivity index (χ1v) is 6.34. The number of ether oxygens (including phenoxy) is 1. The van der Waals surface area contributed by atoms with Crippen molar-refractivity contribution < 1.29 is 24.2 Å². The zero-order valence-electron chi connectivity index (χ0n) is 11.1. The molecule has 1 rings (SSSR count). The quantitative estimate of drug-likeness (QED) is 0.708. The molecule has 0 aliphatic carbocycles. The van der Waals surface area contributed by atoms with Gasteiger partial charge in [-0.3, -0.25) is 9.59 Å². The Morgan fingerprint density at radius 3 is 2.47 bits per heavy atom. The maximum atomic E-state index is 11.7. The average molecular weight is 272 g/mol. The highest BCUT2D eigenvalue weighted by Gasteiger charge is 2.23. The monoisotopic (exact) mass is 272 g/mol. The molecule has 7 nitrogen and oxygen atoms in total. The molecular formula is C12H20N2O5. The highest BCUT2D eigenvalue weighted by atomic mass is 16.5. The predicted molar refractivity (Wildman–Crippen MR) is 66.6 cm³/mol. The lowest BCUT2D eigenvalue weighted by atomic mass is 9.92. The van der Waals surface area contributed by atoms with Crippen molar-refractivity contribution in [1.82, 2.24) is 10.2 Å². The number of piperidine rings is 1. The van der Waals surface area contributed by atoms with Crippen LogP contribution in [0.1, 0.15) is 25.7 Å². The van der Waals surface area contributed by atoms with Crippen molar-refractivity contribution in [2.45, 2.75) is 25.7 Å². The molecule has 1 aliphatic rings. The van der Waals surface area contributed by atoms with Crippen LogP contribution < -0.4 is 5.32 Å². The molecule has 0 aromatic heterocycles. The summed E-state index contributed by atoms with van der Waals surface area (Å²) in [5, 5.41) is 11.1. The van der Waals surface area contributed by atoms with Gasteiger partial charge >= 0.3 is 18.0 Å². The fourth-order valence-electron chi connectivity index (χ4n) is 2.08. The first kappa shape index (κ1) is 15.3. The summed E-state index contributed by atoms with van der Waals surface area (Å²) in [5.74, 6) is -0.899. The van der Waals surface area contributed by atoms with Crippen LogP contribution >= 0.6 is 0 Å². The lowest BCUT2D eigenvalue weighted by molar-refractivity contribution is -0.139. The van der Waals surface area contributed by atoms with Gasteiger partial charge in [0, 0.05) is 19.5 Å². The van der Waals surface area contributed by atoms with Crippen LogP contribution in [0.5, 0.6) is 0 Å². The number of amides is 2. The van der Waals surface area contributed by atoms with Gasteiger partial charge in [-0.05, 0) is 25.2 Å². The van der Waals surface area contributed by atoms with Gasteiger partial charge in [0.15, 0.2) is 0 Å². The third kappa shape index (κ3) is 5.58. The predicted octanol–water partition coefficient (Wildman–Crippen LogP) is 0.446. The van der Waals surface area contributed by atoms with E-state index in [0.29, 0.717) is 25.4 Å². The van der Waals surface area contributed by atoms with Gasteiger partial charge in [-0.1, -0.05) is 0 Å². The van der Waals surface area contributed by atoms with Crippen LogP contribution in [0, 0.1) is 5.92 Å². The van der Waals surface area contributed by atoms with E-state index >= 15 is 0 Å². The summed E-state index contributed by atoms with van der Waals surface area (Å²) in [4.78, 5) is 34.7. The Labute approximate surface area is 111 Å². The Bertz CT molecular complexity index is 337. The smallest absolute Gasteiger partial charge is 0.325 e. The van der Waals surface area contributed by atoms with Gasteiger partial charge in [0.1, 0.15) is 6.54 Å². The minimum Gasteiger partial charge on any atom is -0.481 e. The summed E-state index contributed by atoms with van der Waals surface area (Å²) in [5.41, 5.74) is 0. The Morgan fingerprint density at radius 1 is 1.32 bits per heavy atom. The third-order valence-corrected chi connectivity index (χ3v) is 3.28. The number of nitrogens with one attached hydrogen (secondary N) is 1. The molecule has 0 aromatic carbocycles. The molecule has 1 aliphatic heterocycles. The maximum Gasteiger partial charge on any atom is 0.325 e. The number of urea groups is 1. The molecule has 0 radical (unpaired) electrons. The zero-order chi connectivity index (χ0) is 14.3. The second-order valence-corrected chi connectivity index (χ2v) is 4.60. The van der Waals surface area contributed by atoms with Gasteiger partial charge < -0.3 is 20.1 Å². The fraction of sp³-hybridized carbons (Fsp3) is 0.750. The summed E-state index contributed by atoms with van der Waals surface area (Å²) < 4.78 is 4.43. The van der Waals surface area contributed by atoms with E-state index < -0.39 is 11.9 Å². The zero-order valence-corrected chi connectivity index (χ0v) is 11.1. The Kier molecular flexibility index (Phi) is 6.11. The van der Waals surface area contributed by atoms with Crippen molar-refractivity contribution in [2.75, 3.05) is 26.7 Å². The fourth-order valence-corrected chi connectivity index (χ4v) is 2.08. The van der Waals surface area contributed by atoms with Gasteiger partial charge in [0.05, 0.1) is 7.11 Å². The number of esters is 1. The second kappa shape index (κ2) is 7.60. The van der Waals surface area contributed by atoms with Crippen LogP contribution in [0.4, 0.5) is 4.79 Å². The highest BCUT2D eigenvalue weighted by Crippen LogP contribution is 2.21. The summed E-state index contributed by atoms with van der Waals surface area (Å²) >= 11 is 0. The highest BCUT2D eigenvalue weighted by molar-refractivity contribution is 5.80. The molecule has 0 atom stereocenters. The number of hydrogen-bond donors (Lipinski definition) is 2. The standard InChI is InChI=1S/C12H20N2O5/c1-19-11(17)8-13-12(18)14-6-4-9(5-7-14)2-3-10(15)16/h9H,2-8H2,1H3,(H,13,18)(H,15,16). The molecule has 0 saturated carbocycles. The number of carboxylic acids is 1. The largest absolute Gasteiger partial charge is 0.481 e. The van der Waals surface area contributed by atoms with E-state index in [0.717, 1.165) is 12.8 Å². The average Bonchev–Trinajstić information content (AvgIpc) is 2.42. The molecule has 0 unspecified atom stereocenters. The van der Waals surface area contributed by atoms with Crippen molar-refractivity contribution in [1.29, 1.82) is 0 Å². The second-order valence-electron chi connectivity index (χ2n) is 4.60. The number of hydrogen-bond acceptors (Lipinski definition) is 4. The van der Waals surface area contributed by atoms with Crippen molar-refractivity contribution in [3.05, 3.63) is 0 Å². The van der Waals surface area contributed by atoms with Crippen molar-refractivity contribution in [3.8, 4) is 0 Å². The number of rotatable bonds is 5. The minimum absolute atomic E-state index is 0.131. The van der Waals surface area contributed by atoms with Crippen molar-refractivity contribution >= 4 is 18.0 Å². The molecule has 1 fully saturated rings. The number of likely N-dealkylation sites (tertiary alicyclic amines) is 1. The molecule has 0 spiro atoms. The molecule has 2 amide bonds. The molecule has 7 heteroatoms. The van der Waals surface area contributed by atoms with Crippen LogP contribution in [0.2, 0.25) is 0 Å². The van der Waals surface area contributed by atoms with Crippen LogP contribution in [0.3, 0.4) is 0 Å². The molecule has 19 heavy (non-hydrogen) atoms. The number of carbonyl (C=O) groups is 3. The molecule has 0 bridgehead atoms. The first-order valence-electron chi connectivity index (χ1n) is 6.34. The van der Waals surface area contributed by atoms with E-state index in [9.17, 15) is 14.4 Å². The summed E-state index contributed by atoms with van der Waals surface area (Å²) in [6.07, 6.45) is 2.45. The molecule has 0 aromatic rings. The number of nitrogens with zero attached hydrogens (tertiary/aromatic N) is 1. The Balaban J connectivity index is 2.23. The van der Waals surface area contributed by atoms with Crippen LogP contribution in [-0.4, -0.2) is 54.7 Å². The molecular weight excluding hydrogens is 252 g/mol. The van der Waals surface area contributed by atoms with Crippen molar-refractivity contribution in [2.24, 2.45) is 5.92 Å². The van der Waals surface area contributed by atoms with E-state index in [2.05, 4.69) is 10.1 Å². The topological polar surface area (TPSA) is 95.9 Å². The lowest BCUT2D eigenvalue weighted by Crippen LogP contribution is -2.46. The number of aliphatic carboxylic acids is 1. The normalized spacial score (nSPS) is 15.9. The lowest BCUT2D eigenvalue weighted by Gasteiger charge is -2.31. The van der Waals surface area contributed by atoms with Gasteiger partial charge in [-0.15, -0.1) is 0 Å². The van der Waals surface area contributed by atoms with E-state index in [1.807, 2.05) is 0 Å². The maximum absolute atomic E-state index is 11.7.